The zero-order chi connectivity index (χ0) is 11.7. The lowest BCUT2D eigenvalue weighted by molar-refractivity contribution is 0.206. The molecule has 0 saturated heterocycles. The quantitative estimate of drug-likeness (QED) is 0.781. The van der Waals surface area contributed by atoms with Gasteiger partial charge in [-0.1, -0.05) is 42.5 Å². The van der Waals surface area contributed by atoms with Crippen molar-refractivity contribution in [1.29, 1.82) is 0 Å². The Hall–Kier alpha value is -1.60. The van der Waals surface area contributed by atoms with Crippen LogP contribution in [0.2, 0.25) is 0 Å². The Balaban J connectivity index is 2.06. The van der Waals surface area contributed by atoms with Gasteiger partial charge in [0.25, 0.3) is 0 Å². The van der Waals surface area contributed by atoms with Crippen molar-refractivity contribution < 1.29 is 5.11 Å². The second-order valence-corrected chi connectivity index (χ2v) is 4.71. The molecule has 0 bridgehead atoms. The molecule has 1 heteroatoms. The van der Waals surface area contributed by atoms with Crippen LogP contribution in [0.4, 0.5) is 0 Å². The van der Waals surface area contributed by atoms with Gasteiger partial charge in [0.1, 0.15) is 0 Å². The number of allylic oxidation sites excluding steroid dienone is 1. The highest BCUT2D eigenvalue weighted by atomic mass is 16.3. The standard InChI is InChI=1S/C16H16O/c17-16-7-3-6-14(11-16)15-9-8-12-4-1-2-5-13(12)10-15/h1-2,4-5,8-11,16-17H,3,6-7H2/t16-/m1/s1. The molecule has 1 aliphatic carbocycles. The first-order chi connectivity index (χ1) is 8.33. The molecule has 0 saturated carbocycles. The summed E-state index contributed by atoms with van der Waals surface area (Å²) < 4.78 is 0. The average Bonchev–Trinajstić information content (AvgIpc) is 2.38. The average molecular weight is 224 g/mol. The zero-order valence-electron chi connectivity index (χ0n) is 9.76. The van der Waals surface area contributed by atoms with Gasteiger partial charge >= 0.3 is 0 Å². The van der Waals surface area contributed by atoms with E-state index in [0.717, 1.165) is 19.3 Å². The number of hydrogen-bond acceptors (Lipinski definition) is 1. The maximum atomic E-state index is 9.68. The molecule has 0 heterocycles. The summed E-state index contributed by atoms with van der Waals surface area (Å²) in [6, 6.07) is 14.9. The minimum Gasteiger partial charge on any atom is -0.389 e. The molecule has 86 valence electrons. The molecular weight excluding hydrogens is 208 g/mol. The molecule has 1 N–H and O–H groups in total. The monoisotopic (exact) mass is 224 g/mol. The largest absolute Gasteiger partial charge is 0.389 e. The number of hydrogen-bond donors (Lipinski definition) is 1. The second kappa shape index (κ2) is 4.34. The number of fused-ring (bicyclic) bond motifs is 1. The van der Waals surface area contributed by atoms with Crippen LogP contribution in [0.5, 0.6) is 0 Å². The predicted molar refractivity (Wildman–Crippen MR) is 71.8 cm³/mol. The van der Waals surface area contributed by atoms with Crippen LogP contribution in [0.3, 0.4) is 0 Å². The Labute approximate surface area is 101 Å². The summed E-state index contributed by atoms with van der Waals surface area (Å²) in [4.78, 5) is 0. The van der Waals surface area contributed by atoms with Gasteiger partial charge in [-0.25, -0.2) is 0 Å². The van der Waals surface area contributed by atoms with Crippen molar-refractivity contribution in [3.8, 4) is 0 Å². The van der Waals surface area contributed by atoms with Crippen LogP contribution in [-0.4, -0.2) is 11.2 Å². The minimum atomic E-state index is -0.259. The summed E-state index contributed by atoms with van der Waals surface area (Å²) in [6.45, 7) is 0. The molecule has 1 aliphatic rings. The second-order valence-electron chi connectivity index (χ2n) is 4.71. The molecule has 1 nitrogen and oxygen atoms in total. The molecule has 17 heavy (non-hydrogen) atoms. The van der Waals surface area contributed by atoms with Crippen LogP contribution in [0.25, 0.3) is 16.3 Å². The number of aliphatic hydroxyl groups excluding tert-OH is 1. The van der Waals surface area contributed by atoms with Crippen LogP contribution < -0.4 is 0 Å². The first kappa shape index (κ1) is 10.5. The van der Waals surface area contributed by atoms with E-state index in [4.69, 9.17) is 0 Å². The fraction of sp³-hybridized carbons (Fsp3) is 0.250. The fourth-order valence-corrected chi connectivity index (χ4v) is 2.53. The molecular formula is C16H16O. The van der Waals surface area contributed by atoms with Gasteiger partial charge in [-0.05, 0) is 47.2 Å². The van der Waals surface area contributed by atoms with Crippen LogP contribution in [0.15, 0.2) is 48.5 Å². The first-order valence-corrected chi connectivity index (χ1v) is 6.21. The van der Waals surface area contributed by atoms with Gasteiger partial charge in [0, 0.05) is 0 Å². The molecule has 0 amide bonds. The molecule has 2 aromatic rings. The van der Waals surface area contributed by atoms with E-state index < -0.39 is 0 Å². The molecule has 0 spiro atoms. The molecule has 0 radical (unpaired) electrons. The van der Waals surface area contributed by atoms with Crippen molar-refractivity contribution in [3.63, 3.8) is 0 Å². The van der Waals surface area contributed by atoms with Gasteiger partial charge in [0.05, 0.1) is 6.10 Å². The maximum Gasteiger partial charge on any atom is 0.0726 e. The number of aliphatic hydroxyl groups is 1. The zero-order valence-corrected chi connectivity index (χ0v) is 9.76. The highest BCUT2D eigenvalue weighted by Gasteiger charge is 2.12. The normalized spacial score (nSPS) is 20.3. The van der Waals surface area contributed by atoms with E-state index in [1.165, 1.54) is 21.9 Å². The van der Waals surface area contributed by atoms with Crippen molar-refractivity contribution in [2.24, 2.45) is 0 Å². The topological polar surface area (TPSA) is 20.2 Å². The smallest absolute Gasteiger partial charge is 0.0726 e. The van der Waals surface area contributed by atoms with Gasteiger partial charge in [-0.2, -0.15) is 0 Å². The molecule has 0 unspecified atom stereocenters. The van der Waals surface area contributed by atoms with E-state index in [0.29, 0.717) is 0 Å². The van der Waals surface area contributed by atoms with Gasteiger partial charge in [0.15, 0.2) is 0 Å². The van der Waals surface area contributed by atoms with Gasteiger partial charge in [-0.15, -0.1) is 0 Å². The van der Waals surface area contributed by atoms with Crippen LogP contribution in [0.1, 0.15) is 24.8 Å². The molecule has 2 aromatic carbocycles. The van der Waals surface area contributed by atoms with Crippen molar-refractivity contribution in [2.75, 3.05) is 0 Å². The van der Waals surface area contributed by atoms with E-state index >= 15 is 0 Å². The summed E-state index contributed by atoms with van der Waals surface area (Å²) in [6.07, 6.45) is 4.81. The Morgan fingerprint density at radius 3 is 2.65 bits per heavy atom. The first-order valence-electron chi connectivity index (χ1n) is 6.21. The van der Waals surface area contributed by atoms with Crippen molar-refractivity contribution in [1.82, 2.24) is 0 Å². The third kappa shape index (κ3) is 2.11. The summed E-state index contributed by atoms with van der Waals surface area (Å²) in [5.41, 5.74) is 2.54. The van der Waals surface area contributed by atoms with Gasteiger partial charge < -0.3 is 5.11 Å². The highest BCUT2D eigenvalue weighted by molar-refractivity contribution is 5.86. The van der Waals surface area contributed by atoms with Gasteiger partial charge in [0.2, 0.25) is 0 Å². The third-order valence-corrected chi connectivity index (χ3v) is 3.46. The van der Waals surface area contributed by atoms with Crippen molar-refractivity contribution in [3.05, 3.63) is 54.1 Å². The number of benzene rings is 2. The third-order valence-electron chi connectivity index (χ3n) is 3.46. The minimum absolute atomic E-state index is 0.259. The van der Waals surface area contributed by atoms with Crippen molar-refractivity contribution in [2.45, 2.75) is 25.4 Å². The number of rotatable bonds is 1. The van der Waals surface area contributed by atoms with E-state index in [-0.39, 0.29) is 6.10 Å². The summed E-state index contributed by atoms with van der Waals surface area (Å²) in [7, 11) is 0. The molecule has 3 rings (SSSR count). The fourth-order valence-electron chi connectivity index (χ4n) is 2.53. The predicted octanol–water partition coefficient (Wildman–Crippen LogP) is 3.77. The van der Waals surface area contributed by atoms with E-state index in [2.05, 4.69) is 42.5 Å². The summed E-state index contributed by atoms with van der Waals surface area (Å²) in [5, 5.41) is 12.2. The van der Waals surface area contributed by atoms with Crippen molar-refractivity contribution >= 4 is 16.3 Å². The van der Waals surface area contributed by atoms with Crippen LogP contribution in [-0.2, 0) is 0 Å². The molecule has 1 atom stereocenters. The lowest BCUT2D eigenvalue weighted by Crippen LogP contribution is -2.08. The van der Waals surface area contributed by atoms with Gasteiger partial charge in [-0.3, -0.25) is 0 Å². The SMILES string of the molecule is O[C@H]1C=C(c2ccc3ccccc3c2)CCC1. The molecule has 0 aliphatic heterocycles. The summed E-state index contributed by atoms with van der Waals surface area (Å²) >= 11 is 0. The van der Waals surface area contributed by atoms with E-state index in [1.54, 1.807) is 0 Å². The molecule has 0 fully saturated rings. The lowest BCUT2D eigenvalue weighted by Gasteiger charge is -2.17. The Bertz CT molecular complexity index is 569. The Morgan fingerprint density at radius 1 is 1.00 bits per heavy atom. The maximum absolute atomic E-state index is 9.68. The summed E-state index contributed by atoms with van der Waals surface area (Å²) in [5.74, 6) is 0. The Morgan fingerprint density at radius 2 is 1.82 bits per heavy atom. The van der Waals surface area contributed by atoms with Crippen LogP contribution >= 0.6 is 0 Å². The van der Waals surface area contributed by atoms with Crippen LogP contribution in [0, 0.1) is 0 Å². The molecule has 0 aromatic heterocycles. The highest BCUT2D eigenvalue weighted by Crippen LogP contribution is 2.28. The van der Waals surface area contributed by atoms with E-state index in [1.807, 2.05) is 6.08 Å². The van der Waals surface area contributed by atoms with E-state index in [9.17, 15) is 5.11 Å². The lowest BCUT2D eigenvalue weighted by atomic mass is 9.91. The Kier molecular flexibility index (Phi) is 2.69.